The molecule has 0 amide bonds. The number of hydrogen-bond donors (Lipinski definition) is 0. The molecule has 0 radical (unpaired) electrons. The standard InChI is InChI=1S/C44H25N5O.Pt/c1-3-10-27(11-4-1)37-26-48-38-17-9-22-45-41(38)32-21-19-29(24-36(32)44(48)47-37)50-30-18-20-31-33-14-7-15-34-40(28-12-5-2-6-13-28)35-16-8-23-46-43(35)49(42(33)34)39(31)25-30;/h1-23,26,40H;/q-2;+2. The summed E-state index contributed by atoms with van der Waals surface area (Å²) in [7, 11) is 0. The summed E-state index contributed by atoms with van der Waals surface area (Å²) in [5.74, 6) is 2.17. The van der Waals surface area contributed by atoms with E-state index in [2.05, 4.69) is 112 Å². The molecule has 6 heterocycles. The van der Waals surface area contributed by atoms with Crippen molar-refractivity contribution in [1.82, 2.24) is 23.9 Å². The van der Waals surface area contributed by atoms with E-state index in [-0.39, 0.29) is 27.0 Å². The maximum atomic E-state index is 6.57. The Morgan fingerprint density at radius 3 is 2.24 bits per heavy atom. The van der Waals surface area contributed by atoms with Crippen LogP contribution in [-0.2, 0) is 21.1 Å². The van der Waals surface area contributed by atoms with E-state index in [1.807, 2.05) is 54.9 Å². The average molecular weight is 835 g/mol. The van der Waals surface area contributed by atoms with E-state index in [4.69, 9.17) is 19.7 Å². The molecule has 1 aliphatic heterocycles. The molecule has 0 saturated carbocycles. The number of imidazole rings is 1. The fraction of sp³-hybridized carbons (Fsp3) is 0.0227. The molecule has 7 heteroatoms. The van der Waals surface area contributed by atoms with Crippen LogP contribution < -0.4 is 4.74 Å². The Labute approximate surface area is 306 Å². The second kappa shape index (κ2) is 11.5. The van der Waals surface area contributed by atoms with E-state index >= 15 is 0 Å². The molecular formula is C44H25N5OPt. The minimum absolute atomic E-state index is 0. The molecule has 10 aromatic rings. The maximum Gasteiger partial charge on any atom is 2.00 e. The summed E-state index contributed by atoms with van der Waals surface area (Å²) < 4.78 is 10.9. The Morgan fingerprint density at radius 1 is 0.627 bits per heavy atom. The number of nitrogens with zero attached hydrogens (tertiary/aromatic N) is 5. The first-order chi connectivity index (χ1) is 24.8. The SMILES string of the molecule is [Pt+2].[c-]1c(Oc2[c-]c3c(cc2)c2cccc4c2n3-c2ncccc2C4c2ccccc2)ccc2c1c1nc(-c3ccccc3)cn1c1cccnc21. The minimum atomic E-state index is 0. The van der Waals surface area contributed by atoms with Gasteiger partial charge in [0.25, 0.3) is 0 Å². The minimum Gasteiger partial charge on any atom is -0.503 e. The molecule has 0 fully saturated rings. The fourth-order valence-electron chi connectivity index (χ4n) is 7.81. The van der Waals surface area contributed by atoms with Crippen LogP contribution >= 0.6 is 0 Å². The molecule has 0 N–H and O–H groups in total. The largest absolute Gasteiger partial charge is 2.00 e. The van der Waals surface area contributed by atoms with E-state index in [1.165, 1.54) is 22.1 Å². The van der Waals surface area contributed by atoms with Crippen LogP contribution in [0.1, 0.15) is 22.6 Å². The number of aromatic nitrogens is 5. The number of para-hydroxylation sites is 1. The van der Waals surface area contributed by atoms with Crippen molar-refractivity contribution in [2.45, 2.75) is 5.92 Å². The number of benzene rings is 5. The van der Waals surface area contributed by atoms with Crippen LogP contribution in [0.2, 0.25) is 0 Å². The third kappa shape index (κ3) is 4.43. The van der Waals surface area contributed by atoms with Crippen LogP contribution in [0.3, 0.4) is 0 Å². The molecule has 0 aliphatic carbocycles. The summed E-state index contributed by atoms with van der Waals surface area (Å²) in [6, 6.07) is 51.1. The van der Waals surface area contributed by atoms with Crippen LogP contribution in [0.4, 0.5) is 0 Å². The summed E-state index contributed by atoms with van der Waals surface area (Å²) in [6.07, 6.45) is 5.77. The molecule has 51 heavy (non-hydrogen) atoms. The molecule has 1 unspecified atom stereocenters. The maximum absolute atomic E-state index is 6.57. The summed E-state index contributed by atoms with van der Waals surface area (Å²) in [5.41, 5.74) is 10.4. The first kappa shape index (κ1) is 29.8. The smallest absolute Gasteiger partial charge is 0.503 e. The Hall–Kier alpha value is -6.10. The van der Waals surface area contributed by atoms with Gasteiger partial charge in [0.2, 0.25) is 0 Å². The summed E-state index contributed by atoms with van der Waals surface area (Å²) in [6.45, 7) is 0. The molecule has 242 valence electrons. The third-order valence-corrected chi connectivity index (χ3v) is 9.93. The van der Waals surface area contributed by atoms with Crippen LogP contribution in [-0.4, -0.2) is 23.9 Å². The molecule has 0 saturated heterocycles. The van der Waals surface area contributed by atoms with E-state index < -0.39 is 0 Å². The van der Waals surface area contributed by atoms with Crippen LogP contribution in [0, 0.1) is 12.1 Å². The molecule has 5 aromatic heterocycles. The molecule has 11 rings (SSSR count). The van der Waals surface area contributed by atoms with Crippen molar-refractivity contribution < 1.29 is 25.8 Å². The fourth-order valence-corrected chi connectivity index (χ4v) is 7.81. The number of pyridine rings is 3. The Balaban J connectivity index is 0.00000327. The van der Waals surface area contributed by atoms with Gasteiger partial charge in [-0.2, -0.15) is 6.07 Å². The van der Waals surface area contributed by atoms with Gasteiger partial charge in [-0.15, -0.1) is 23.6 Å². The van der Waals surface area contributed by atoms with Gasteiger partial charge in [0.05, 0.1) is 22.4 Å². The van der Waals surface area contributed by atoms with Gasteiger partial charge in [-0.1, -0.05) is 113 Å². The van der Waals surface area contributed by atoms with Gasteiger partial charge in [0, 0.05) is 52.7 Å². The van der Waals surface area contributed by atoms with Gasteiger partial charge in [-0.3, -0.25) is 9.97 Å². The molecule has 5 aromatic carbocycles. The number of hydrogen-bond acceptors (Lipinski definition) is 4. The summed E-state index contributed by atoms with van der Waals surface area (Å²) in [4.78, 5) is 14.8. The first-order valence-corrected chi connectivity index (χ1v) is 16.6. The Bertz CT molecular complexity index is 2970. The van der Waals surface area contributed by atoms with E-state index in [0.717, 1.165) is 60.9 Å². The van der Waals surface area contributed by atoms with Crippen molar-refractivity contribution >= 4 is 49.3 Å². The monoisotopic (exact) mass is 834 g/mol. The zero-order valence-corrected chi connectivity index (χ0v) is 29.2. The van der Waals surface area contributed by atoms with E-state index in [0.29, 0.717) is 11.5 Å². The van der Waals surface area contributed by atoms with Gasteiger partial charge in [0.1, 0.15) is 5.82 Å². The van der Waals surface area contributed by atoms with Crippen LogP contribution in [0.5, 0.6) is 11.5 Å². The Kier molecular flexibility index (Phi) is 6.70. The second-order valence-corrected chi connectivity index (χ2v) is 12.7. The van der Waals surface area contributed by atoms with Gasteiger partial charge < -0.3 is 13.7 Å². The number of fused-ring (bicyclic) bond motifs is 11. The first-order valence-electron chi connectivity index (χ1n) is 16.6. The third-order valence-electron chi connectivity index (χ3n) is 9.93. The van der Waals surface area contributed by atoms with E-state index in [1.54, 1.807) is 0 Å². The van der Waals surface area contributed by atoms with Gasteiger partial charge in [-0.25, -0.2) is 4.98 Å². The number of ether oxygens (including phenoxy) is 1. The van der Waals surface area contributed by atoms with Crippen molar-refractivity contribution in [3.63, 3.8) is 0 Å². The number of rotatable bonds is 4. The van der Waals surface area contributed by atoms with Crippen molar-refractivity contribution in [2.24, 2.45) is 0 Å². The van der Waals surface area contributed by atoms with Crippen LogP contribution in [0.15, 0.2) is 146 Å². The van der Waals surface area contributed by atoms with Gasteiger partial charge in [-0.05, 0) is 34.7 Å². The molecule has 1 aliphatic rings. The molecule has 1 atom stereocenters. The van der Waals surface area contributed by atoms with Gasteiger partial charge in [0.15, 0.2) is 0 Å². The van der Waals surface area contributed by atoms with Crippen molar-refractivity contribution in [3.05, 3.63) is 175 Å². The Morgan fingerprint density at radius 2 is 1.37 bits per heavy atom. The molecule has 0 bridgehead atoms. The molecule has 6 nitrogen and oxygen atoms in total. The summed E-state index contributed by atoms with van der Waals surface area (Å²) >= 11 is 0. The van der Waals surface area contributed by atoms with Crippen molar-refractivity contribution in [2.75, 3.05) is 0 Å². The second-order valence-electron chi connectivity index (χ2n) is 12.7. The predicted octanol–water partition coefficient (Wildman–Crippen LogP) is 10.1. The van der Waals surface area contributed by atoms with Crippen molar-refractivity contribution in [1.29, 1.82) is 0 Å². The van der Waals surface area contributed by atoms with Gasteiger partial charge >= 0.3 is 21.1 Å². The van der Waals surface area contributed by atoms with Crippen LogP contribution in [0.25, 0.3) is 66.3 Å². The zero-order chi connectivity index (χ0) is 32.8. The summed E-state index contributed by atoms with van der Waals surface area (Å²) in [5, 5.41) is 4.09. The van der Waals surface area contributed by atoms with E-state index in [9.17, 15) is 0 Å². The average Bonchev–Trinajstić information content (AvgIpc) is 3.77. The topological polar surface area (TPSA) is 57.2 Å². The zero-order valence-electron chi connectivity index (χ0n) is 26.9. The molecular weight excluding hydrogens is 810 g/mol. The normalized spacial score (nSPS) is 13.5. The predicted molar refractivity (Wildman–Crippen MR) is 197 cm³/mol. The van der Waals surface area contributed by atoms with Crippen molar-refractivity contribution in [3.8, 4) is 28.6 Å². The quantitative estimate of drug-likeness (QED) is 0.131. The molecule has 0 spiro atoms.